The predicted molar refractivity (Wildman–Crippen MR) is 100 cm³/mol. The van der Waals surface area contributed by atoms with Gasteiger partial charge in [-0.1, -0.05) is 11.6 Å². The van der Waals surface area contributed by atoms with Gasteiger partial charge < -0.3 is 15.4 Å². The smallest absolute Gasteiger partial charge is 0.234 e. The Balaban J connectivity index is 1.26. The van der Waals surface area contributed by atoms with Crippen LogP contribution in [0, 0.1) is 5.92 Å². The third-order valence-corrected chi connectivity index (χ3v) is 5.01. The Labute approximate surface area is 159 Å². The van der Waals surface area contributed by atoms with Crippen LogP contribution in [0.15, 0.2) is 24.3 Å². The molecule has 1 saturated carbocycles. The van der Waals surface area contributed by atoms with Crippen molar-refractivity contribution in [2.75, 3.05) is 32.8 Å². The minimum atomic E-state index is -0.00871. The molecule has 1 saturated heterocycles. The van der Waals surface area contributed by atoms with E-state index in [1.165, 1.54) is 0 Å². The number of nitrogens with zero attached hydrogens (tertiary/aromatic N) is 1. The van der Waals surface area contributed by atoms with Crippen LogP contribution < -0.4 is 15.4 Å². The number of hydrogen-bond acceptors (Lipinski definition) is 4. The molecule has 0 atom stereocenters. The van der Waals surface area contributed by atoms with E-state index < -0.39 is 0 Å². The van der Waals surface area contributed by atoms with Gasteiger partial charge in [0.15, 0.2) is 0 Å². The van der Waals surface area contributed by atoms with Gasteiger partial charge in [0.2, 0.25) is 11.8 Å². The highest BCUT2D eigenvalue weighted by molar-refractivity contribution is 6.30. The molecule has 1 aliphatic carbocycles. The zero-order chi connectivity index (χ0) is 18.4. The molecule has 3 rings (SSSR count). The molecular formula is C19H26ClN3O3. The van der Waals surface area contributed by atoms with Crippen LogP contribution in [0.3, 0.4) is 0 Å². The van der Waals surface area contributed by atoms with E-state index in [2.05, 4.69) is 15.5 Å². The molecule has 0 unspecified atom stereocenters. The molecule has 0 radical (unpaired) electrons. The lowest BCUT2D eigenvalue weighted by Gasteiger charge is -2.30. The zero-order valence-corrected chi connectivity index (χ0v) is 15.6. The van der Waals surface area contributed by atoms with Gasteiger partial charge in [-0.05, 0) is 63.0 Å². The van der Waals surface area contributed by atoms with E-state index in [4.69, 9.17) is 16.3 Å². The summed E-state index contributed by atoms with van der Waals surface area (Å²) in [5, 5.41) is 6.61. The van der Waals surface area contributed by atoms with Crippen molar-refractivity contribution in [1.29, 1.82) is 0 Å². The maximum atomic E-state index is 12.1. The molecule has 1 aliphatic heterocycles. The Morgan fingerprint density at radius 2 is 1.81 bits per heavy atom. The first-order chi connectivity index (χ1) is 12.6. The predicted octanol–water partition coefficient (Wildman–Crippen LogP) is 1.83. The molecule has 2 fully saturated rings. The number of nitrogens with one attached hydrogen (secondary N) is 2. The molecule has 0 aromatic heterocycles. The van der Waals surface area contributed by atoms with Crippen LogP contribution in [0.4, 0.5) is 0 Å². The molecule has 2 aliphatic rings. The molecule has 1 aromatic carbocycles. The van der Waals surface area contributed by atoms with Gasteiger partial charge >= 0.3 is 0 Å². The molecule has 7 heteroatoms. The fraction of sp³-hybridized carbons (Fsp3) is 0.579. The van der Waals surface area contributed by atoms with E-state index in [9.17, 15) is 9.59 Å². The lowest BCUT2D eigenvalue weighted by Crippen LogP contribution is -2.45. The molecule has 0 bridgehead atoms. The van der Waals surface area contributed by atoms with Crippen LogP contribution in [0.2, 0.25) is 5.02 Å². The molecule has 0 spiro atoms. The second-order valence-corrected chi connectivity index (χ2v) is 7.42. The van der Waals surface area contributed by atoms with Gasteiger partial charge in [-0.2, -0.15) is 0 Å². The van der Waals surface area contributed by atoms with Crippen molar-refractivity contribution in [2.24, 2.45) is 5.92 Å². The minimum absolute atomic E-state index is 0.00871. The normalized spacial score (nSPS) is 18.3. The number of carbonyl (C=O) groups excluding carboxylic acids is 2. The summed E-state index contributed by atoms with van der Waals surface area (Å²) in [4.78, 5) is 26.2. The fourth-order valence-corrected chi connectivity index (χ4v) is 3.18. The number of carbonyl (C=O) groups is 2. The summed E-state index contributed by atoms with van der Waals surface area (Å²) in [6.45, 7) is 2.82. The maximum absolute atomic E-state index is 12.1. The molecule has 142 valence electrons. The highest BCUT2D eigenvalue weighted by atomic mass is 35.5. The van der Waals surface area contributed by atoms with Gasteiger partial charge in [0, 0.05) is 17.0 Å². The Hall–Kier alpha value is -1.79. The zero-order valence-electron chi connectivity index (χ0n) is 14.9. The van der Waals surface area contributed by atoms with Gasteiger partial charge in [0.25, 0.3) is 0 Å². The summed E-state index contributed by atoms with van der Waals surface area (Å²) < 4.78 is 5.55. The van der Waals surface area contributed by atoms with Crippen LogP contribution >= 0.6 is 11.6 Å². The summed E-state index contributed by atoms with van der Waals surface area (Å²) in [5.74, 6) is 1.01. The van der Waals surface area contributed by atoms with E-state index in [-0.39, 0.29) is 17.7 Å². The first-order valence-corrected chi connectivity index (χ1v) is 9.66. The van der Waals surface area contributed by atoms with Crippen LogP contribution in [0.25, 0.3) is 0 Å². The molecular weight excluding hydrogens is 354 g/mol. The van der Waals surface area contributed by atoms with E-state index in [1.807, 2.05) is 0 Å². The average molecular weight is 380 g/mol. The number of rotatable bonds is 8. The third kappa shape index (κ3) is 6.18. The lowest BCUT2D eigenvalue weighted by molar-refractivity contribution is -0.127. The van der Waals surface area contributed by atoms with Gasteiger partial charge in [0.05, 0.1) is 13.1 Å². The monoisotopic (exact) mass is 379 g/mol. The second-order valence-electron chi connectivity index (χ2n) is 6.99. The van der Waals surface area contributed by atoms with Crippen LogP contribution in [-0.4, -0.2) is 55.5 Å². The third-order valence-electron chi connectivity index (χ3n) is 4.76. The number of halogens is 1. The van der Waals surface area contributed by atoms with Crippen LogP contribution in [0.5, 0.6) is 5.75 Å². The van der Waals surface area contributed by atoms with E-state index in [0.29, 0.717) is 30.8 Å². The summed E-state index contributed by atoms with van der Waals surface area (Å²) in [6.07, 6.45) is 3.88. The molecule has 2 amide bonds. The summed E-state index contributed by atoms with van der Waals surface area (Å²) in [7, 11) is 0. The standard InChI is InChI=1S/C19H26ClN3O3/c20-15-1-5-17(6-2-15)26-12-9-21-18(24)13-23-10-7-14(8-11-23)19(25)22-16-3-4-16/h1-2,5-6,14,16H,3-4,7-13H2,(H,21,24)(H,22,25). The topological polar surface area (TPSA) is 70.7 Å². The van der Waals surface area contributed by atoms with E-state index in [1.54, 1.807) is 24.3 Å². The highest BCUT2D eigenvalue weighted by Crippen LogP contribution is 2.22. The van der Waals surface area contributed by atoms with Gasteiger partial charge in [-0.15, -0.1) is 0 Å². The molecule has 26 heavy (non-hydrogen) atoms. The number of hydrogen-bond donors (Lipinski definition) is 2. The van der Waals surface area contributed by atoms with Crippen molar-refractivity contribution < 1.29 is 14.3 Å². The van der Waals surface area contributed by atoms with Crippen LogP contribution in [0.1, 0.15) is 25.7 Å². The Morgan fingerprint density at radius 3 is 2.46 bits per heavy atom. The number of piperidine rings is 1. The number of ether oxygens (including phenoxy) is 1. The van der Waals surface area contributed by atoms with E-state index in [0.717, 1.165) is 44.5 Å². The van der Waals surface area contributed by atoms with E-state index >= 15 is 0 Å². The summed E-state index contributed by atoms with van der Waals surface area (Å²) >= 11 is 5.82. The van der Waals surface area contributed by atoms with Gasteiger partial charge in [0.1, 0.15) is 12.4 Å². The van der Waals surface area contributed by atoms with Crippen molar-refractivity contribution in [3.05, 3.63) is 29.3 Å². The lowest BCUT2D eigenvalue weighted by atomic mass is 9.96. The summed E-state index contributed by atoms with van der Waals surface area (Å²) in [6, 6.07) is 7.55. The van der Waals surface area contributed by atoms with Gasteiger partial charge in [-0.25, -0.2) is 0 Å². The highest BCUT2D eigenvalue weighted by Gasteiger charge is 2.30. The molecule has 6 nitrogen and oxygen atoms in total. The van der Waals surface area contributed by atoms with Crippen molar-refractivity contribution in [3.63, 3.8) is 0 Å². The minimum Gasteiger partial charge on any atom is -0.492 e. The maximum Gasteiger partial charge on any atom is 0.234 e. The van der Waals surface area contributed by atoms with Gasteiger partial charge in [-0.3, -0.25) is 14.5 Å². The van der Waals surface area contributed by atoms with Crippen molar-refractivity contribution in [2.45, 2.75) is 31.7 Å². The van der Waals surface area contributed by atoms with Crippen molar-refractivity contribution in [1.82, 2.24) is 15.5 Å². The number of likely N-dealkylation sites (tertiary alicyclic amines) is 1. The average Bonchev–Trinajstić information content (AvgIpc) is 3.45. The van der Waals surface area contributed by atoms with Crippen LogP contribution in [-0.2, 0) is 9.59 Å². The Morgan fingerprint density at radius 1 is 1.12 bits per heavy atom. The molecule has 1 aromatic rings. The molecule has 1 heterocycles. The Kier molecular flexibility index (Phi) is 6.74. The largest absolute Gasteiger partial charge is 0.492 e. The quantitative estimate of drug-likeness (QED) is 0.676. The second kappa shape index (κ2) is 9.24. The van der Waals surface area contributed by atoms with Crippen molar-refractivity contribution >= 4 is 23.4 Å². The Bertz CT molecular complexity index is 611. The fourth-order valence-electron chi connectivity index (χ4n) is 3.05. The SMILES string of the molecule is O=C(CN1CCC(C(=O)NC2CC2)CC1)NCCOc1ccc(Cl)cc1. The number of amides is 2. The molecule has 2 N–H and O–H groups in total. The summed E-state index contributed by atoms with van der Waals surface area (Å²) in [5.41, 5.74) is 0. The van der Waals surface area contributed by atoms with Crippen molar-refractivity contribution in [3.8, 4) is 5.75 Å². The number of benzene rings is 1. The first kappa shape index (κ1) is 19.0. The first-order valence-electron chi connectivity index (χ1n) is 9.28.